The summed E-state index contributed by atoms with van der Waals surface area (Å²) in [6.07, 6.45) is 6.05. The fourth-order valence-corrected chi connectivity index (χ4v) is 2.73. The van der Waals surface area contributed by atoms with E-state index in [0.717, 1.165) is 12.8 Å². The number of amides is 1. The average molecular weight is 285 g/mol. The van der Waals surface area contributed by atoms with E-state index in [1.165, 1.54) is 26.4 Å². The van der Waals surface area contributed by atoms with E-state index >= 15 is 0 Å². The Morgan fingerprint density at radius 2 is 1.95 bits per heavy atom. The van der Waals surface area contributed by atoms with Crippen molar-refractivity contribution in [3.8, 4) is 0 Å². The van der Waals surface area contributed by atoms with Gasteiger partial charge in [0, 0.05) is 19.5 Å². The first-order valence-electron chi connectivity index (χ1n) is 7.55. The van der Waals surface area contributed by atoms with Gasteiger partial charge in [0.15, 0.2) is 0 Å². The molecule has 0 aromatic carbocycles. The molecular weight excluding hydrogens is 258 g/mol. The van der Waals surface area contributed by atoms with Crippen molar-refractivity contribution in [2.45, 2.75) is 58.0 Å². The van der Waals surface area contributed by atoms with Crippen molar-refractivity contribution < 1.29 is 19.4 Å². The van der Waals surface area contributed by atoms with Gasteiger partial charge in [0.05, 0.1) is 19.6 Å². The Labute approximate surface area is 121 Å². The number of hydrogen-bond acceptors (Lipinski definition) is 4. The summed E-state index contributed by atoms with van der Waals surface area (Å²) in [7, 11) is 1.34. The maximum atomic E-state index is 12.3. The molecule has 1 N–H and O–H groups in total. The van der Waals surface area contributed by atoms with Gasteiger partial charge in [-0.3, -0.25) is 9.59 Å². The first-order valence-corrected chi connectivity index (χ1v) is 7.55. The number of hydrogen-bond donors (Lipinski definition) is 1. The SMILES string of the molecule is COC(=O)CCN(CC(C)O)C(=O)CC1CCCCC1. The smallest absolute Gasteiger partial charge is 0.307 e. The van der Waals surface area contributed by atoms with E-state index in [2.05, 4.69) is 4.74 Å². The Hall–Kier alpha value is -1.10. The highest BCUT2D eigenvalue weighted by molar-refractivity contribution is 5.77. The first-order chi connectivity index (χ1) is 9.52. The van der Waals surface area contributed by atoms with Crippen LogP contribution in [0, 0.1) is 5.92 Å². The van der Waals surface area contributed by atoms with Crippen molar-refractivity contribution in [2.75, 3.05) is 20.2 Å². The summed E-state index contributed by atoms with van der Waals surface area (Å²) in [6, 6.07) is 0. The van der Waals surface area contributed by atoms with Gasteiger partial charge < -0.3 is 14.7 Å². The lowest BCUT2D eigenvalue weighted by Crippen LogP contribution is -2.39. The summed E-state index contributed by atoms with van der Waals surface area (Å²) >= 11 is 0. The van der Waals surface area contributed by atoms with Gasteiger partial charge in [-0.05, 0) is 25.7 Å². The predicted molar refractivity (Wildman–Crippen MR) is 76.1 cm³/mol. The second-order valence-electron chi connectivity index (χ2n) is 5.72. The van der Waals surface area contributed by atoms with E-state index < -0.39 is 6.10 Å². The van der Waals surface area contributed by atoms with E-state index in [1.807, 2.05) is 0 Å². The molecule has 20 heavy (non-hydrogen) atoms. The molecule has 0 radical (unpaired) electrons. The van der Waals surface area contributed by atoms with Gasteiger partial charge in [-0.2, -0.15) is 0 Å². The molecule has 0 bridgehead atoms. The third-order valence-electron chi connectivity index (χ3n) is 3.84. The summed E-state index contributed by atoms with van der Waals surface area (Å²) < 4.78 is 4.60. The van der Waals surface area contributed by atoms with E-state index in [0.29, 0.717) is 18.9 Å². The fourth-order valence-electron chi connectivity index (χ4n) is 2.73. The van der Waals surface area contributed by atoms with Gasteiger partial charge in [0.2, 0.25) is 5.91 Å². The molecule has 1 unspecified atom stereocenters. The molecule has 0 heterocycles. The lowest BCUT2D eigenvalue weighted by atomic mass is 9.86. The summed E-state index contributed by atoms with van der Waals surface area (Å²) in [5.41, 5.74) is 0. The molecule has 0 spiro atoms. The zero-order valence-electron chi connectivity index (χ0n) is 12.6. The van der Waals surface area contributed by atoms with Crippen LogP contribution in [0.15, 0.2) is 0 Å². The van der Waals surface area contributed by atoms with Gasteiger partial charge in [-0.15, -0.1) is 0 Å². The minimum absolute atomic E-state index is 0.0432. The number of carbonyl (C=O) groups is 2. The van der Waals surface area contributed by atoms with Crippen LogP contribution < -0.4 is 0 Å². The zero-order valence-corrected chi connectivity index (χ0v) is 12.6. The molecule has 1 aliphatic carbocycles. The number of ether oxygens (including phenoxy) is 1. The number of methoxy groups -OCH3 is 1. The molecule has 5 heteroatoms. The monoisotopic (exact) mass is 285 g/mol. The molecule has 1 atom stereocenters. The van der Waals surface area contributed by atoms with Crippen molar-refractivity contribution in [1.29, 1.82) is 0 Å². The Morgan fingerprint density at radius 1 is 1.30 bits per heavy atom. The highest BCUT2D eigenvalue weighted by Crippen LogP contribution is 2.26. The molecule has 1 amide bonds. The van der Waals surface area contributed by atoms with Crippen molar-refractivity contribution >= 4 is 11.9 Å². The summed E-state index contributed by atoms with van der Waals surface area (Å²) in [5.74, 6) is 0.179. The van der Waals surface area contributed by atoms with Crippen LogP contribution in [0.5, 0.6) is 0 Å². The molecule has 116 valence electrons. The minimum atomic E-state index is -0.581. The molecule has 1 aliphatic rings. The van der Waals surface area contributed by atoms with Crippen LogP contribution in [0.2, 0.25) is 0 Å². The van der Waals surface area contributed by atoms with Crippen molar-refractivity contribution in [1.82, 2.24) is 4.90 Å². The van der Waals surface area contributed by atoms with Crippen molar-refractivity contribution in [3.63, 3.8) is 0 Å². The minimum Gasteiger partial charge on any atom is -0.469 e. The van der Waals surface area contributed by atoms with Gasteiger partial charge in [0.25, 0.3) is 0 Å². The average Bonchev–Trinajstić information content (AvgIpc) is 2.43. The van der Waals surface area contributed by atoms with Crippen molar-refractivity contribution in [2.24, 2.45) is 5.92 Å². The molecule has 1 rings (SSSR count). The predicted octanol–water partition coefficient (Wildman–Crippen LogP) is 1.73. The second kappa shape index (κ2) is 8.95. The number of aliphatic hydroxyl groups excluding tert-OH is 1. The third-order valence-corrected chi connectivity index (χ3v) is 3.84. The Bertz CT molecular complexity index is 311. The molecule has 0 aromatic rings. The summed E-state index contributed by atoms with van der Waals surface area (Å²) in [5, 5.41) is 9.49. The first kappa shape index (κ1) is 17.0. The maximum Gasteiger partial charge on any atom is 0.307 e. The highest BCUT2D eigenvalue weighted by Gasteiger charge is 2.22. The standard InChI is InChI=1S/C15H27NO4/c1-12(17)11-16(9-8-15(19)20-2)14(18)10-13-6-4-3-5-7-13/h12-13,17H,3-11H2,1-2H3. The normalized spacial score (nSPS) is 17.6. The van der Waals surface area contributed by atoms with Crippen molar-refractivity contribution in [3.05, 3.63) is 0 Å². The van der Waals surface area contributed by atoms with Gasteiger partial charge in [-0.25, -0.2) is 0 Å². The van der Waals surface area contributed by atoms with E-state index in [9.17, 15) is 14.7 Å². The Balaban J connectivity index is 2.47. The van der Waals surface area contributed by atoms with Gasteiger partial charge in [-0.1, -0.05) is 19.3 Å². The number of rotatable bonds is 7. The summed E-state index contributed by atoms with van der Waals surface area (Å²) in [4.78, 5) is 25.1. The van der Waals surface area contributed by atoms with Gasteiger partial charge >= 0.3 is 5.97 Å². The van der Waals surface area contributed by atoms with Crippen LogP contribution >= 0.6 is 0 Å². The van der Waals surface area contributed by atoms with Crippen LogP contribution in [0.1, 0.15) is 51.9 Å². The lowest BCUT2D eigenvalue weighted by Gasteiger charge is -2.27. The molecule has 0 aromatic heterocycles. The molecule has 1 fully saturated rings. The molecule has 0 saturated heterocycles. The van der Waals surface area contributed by atoms with Gasteiger partial charge in [0.1, 0.15) is 0 Å². The highest BCUT2D eigenvalue weighted by atomic mass is 16.5. The van der Waals surface area contributed by atoms with Crippen LogP contribution in [0.25, 0.3) is 0 Å². The number of esters is 1. The largest absolute Gasteiger partial charge is 0.469 e. The van der Waals surface area contributed by atoms with E-state index in [4.69, 9.17) is 0 Å². The van der Waals surface area contributed by atoms with Crippen LogP contribution in [0.3, 0.4) is 0 Å². The van der Waals surface area contributed by atoms with E-state index in [-0.39, 0.29) is 24.8 Å². The Morgan fingerprint density at radius 3 is 2.50 bits per heavy atom. The molecule has 0 aliphatic heterocycles. The fraction of sp³-hybridized carbons (Fsp3) is 0.867. The summed E-state index contributed by atoms with van der Waals surface area (Å²) in [6.45, 7) is 2.25. The Kier molecular flexibility index (Phi) is 7.59. The molecule has 1 saturated carbocycles. The number of nitrogens with zero attached hydrogens (tertiary/aromatic N) is 1. The lowest BCUT2D eigenvalue weighted by molar-refractivity contribution is -0.142. The maximum absolute atomic E-state index is 12.3. The van der Waals surface area contributed by atoms with Crippen LogP contribution in [-0.4, -0.2) is 48.2 Å². The quantitative estimate of drug-likeness (QED) is 0.723. The number of aliphatic hydroxyl groups is 1. The molecular formula is C15H27NO4. The third kappa shape index (κ3) is 6.37. The molecule has 5 nitrogen and oxygen atoms in total. The topological polar surface area (TPSA) is 66.8 Å². The van der Waals surface area contributed by atoms with E-state index in [1.54, 1.807) is 11.8 Å². The van der Waals surface area contributed by atoms with Crippen LogP contribution in [-0.2, 0) is 14.3 Å². The zero-order chi connectivity index (χ0) is 15.0. The van der Waals surface area contributed by atoms with Crippen LogP contribution in [0.4, 0.5) is 0 Å². The second-order valence-corrected chi connectivity index (χ2v) is 5.72. The number of carbonyl (C=O) groups excluding carboxylic acids is 2.